The molecule has 0 aromatic carbocycles. The van der Waals surface area contributed by atoms with Crippen molar-refractivity contribution >= 4 is 29.1 Å². The Hall–Kier alpha value is -2.31. The number of nitrogens with zero attached hydrogens (tertiary/aromatic N) is 2. The van der Waals surface area contributed by atoms with Crippen LogP contribution in [0, 0.1) is 0 Å². The molecule has 5 N–H and O–H groups in total. The van der Waals surface area contributed by atoms with Gasteiger partial charge in [-0.15, -0.1) is 0 Å². The SMILES string of the molecule is CN1C(=O)CCC(Nc2ccc(N)c(N)n2)C1=O. The maximum absolute atomic E-state index is 11.9. The molecule has 1 aromatic rings. The van der Waals surface area contributed by atoms with Crippen LogP contribution in [0.1, 0.15) is 12.8 Å². The molecule has 96 valence electrons. The molecule has 2 amide bonds. The highest BCUT2D eigenvalue weighted by atomic mass is 16.2. The molecule has 1 aliphatic heterocycles. The summed E-state index contributed by atoms with van der Waals surface area (Å²) < 4.78 is 0. The first-order chi connectivity index (χ1) is 8.49. The lowest BCUT2D eigenvalue weighted by Crippen LogP contribution is -2.48. The van der Waals surface area contributed by atoms with Gasteiger partial charge in [0.1, 0.15) is 17.7 Å². The van der Waals surface area contributed by atoms with E-state index in [1.165, 1.54) is 7.05 Å². The summed E-state index contributed by atoms with van der Waals surface area (Å²) in [7, 11) is 1.48. The predicted molar refractivity (Wildman–Crippen MR) is 67.5 cm³/mol. The normalized spacial score (nSPS) is 20.1. The number of amides is 2. The fourth-order valence-electron chi connectivity index (χ4n) is 1.79. The first kappa shape index (κ1) is 12.2. The third kappa shape index (κ3) is 2.20. The van der Waals surface area contributed by atoms with E-state index in [2.05, 4.69) is 10.3 Å². The van der Waals surface area contributed by atoms with E-state index < -0.39 is 6.04 Å². The van der Waals surface area contributed by atoms with Crippen molar-refractivity contribution in [3.05, 3.63) is 12.1 Å². The van der Waals surface area contributed by atoms with E-state index in [1.54, 1.807) is 12.1 Å². The highest BCUT2D eigenvalue weighted by Crippen LogP contribution is 2.19. The van der Waals surface area contributed by atoms with Crippen molar-refractivity contribution in [3.63, 3.8) is 0 Å². The van der Waals surface area contributed by atoms with Crippen LogP contribution in [-0.2, 0) is 9.59 Å². The Balaban J connectivity index is 2.11. The third-order valence-electron chi connectivity index (χ3n) is 2.93. The average Bonchev–Trinajstić information content (AvgIpc) is 2.34. The van der Waals surface area contributed by atoms with Gasteiger partial charge in [-0.25, -0.2) is 4.98 Å². The Bertz CT molecular complexity index is 502. The summed E-state index contributed by atoms with van der Waals surface area (Å²) in [6.45, 7) is 0. The molecule has 7 heteroatoms. The molecule has 0 bridgehead atoms. The van der Waals surface area contributed by atoms with Crippen molar-refractivity contribution in [2.45, 2.75) is 18.9 Å². The molecule has 7 nitrogen and oxygen atoms in total. The Morgan fingerprint density at radius 3 is 2.78 bits per heavy atom. The second kappa shape index (κ2) is 4.52. The monoisotopic (exact) mass is 249 g/mol. The number of hydrogen-bond donors (Lipinski definition) is 3. The van der Waals surface area contributed by atoms with E-state index in [9.17, 15) is 9.59 Å². The molecule has 0 aliphatic carbocycles. The number of nitrogens with two attached hydrogens (primary N) is 2. The quantitative estimate of drug-likeness (QED) is 0.626. The van der Waals surface area contributed by atoms with Gasteiger partial charge in [-0.2, -0.15) is 0 Å². The van der Waals surface area contributed by atoms with Crippen molar-refractivity contribution in [3.8, 4) is 0 Å². The Labute approximate surface area is 104 Å². The number of anilines is 3. The van der Waals surface area contributed by atoms with Gasteiger partial charge in [0.05, 0.1) is 5.69 Å². The fourth-order valence-corrected chi connectivity index (χ4v) is 1.79. The molecule has 1 atom stereocenters. The number of piperidine rings is 1. The largest absolute Gasteiger partial charge is 0.396 e. The van der Waals surface area contributed by atoms with Gasteiger partial charge in [0.25, 0.3) is 5.91 Å². The molecule has 1 aromatic heterocycles. The molecule has 1 unspecified atom stereocenters. The van der Waals surface area contributed by atoms with Gasteiger partial charge in [-0.05, 0) is 18.6 Å². The Morgan fingerprint density at radius 2 is 2.11 bits per heavy atom. The van der Waals surface area contributed by atoms with E-state index in [4.69, 9.17) is 11.5 Å². The second-order valence-corrected chi connectivity index (χ2v) is 4.20. The molecule has 1 aliphatic rings. The highest BCUT2D eigenvalue weighted by Gasteiger charge is 2.31. The van der Waals surface area contributed by atoms with Crippen LogP contribution in [0.5, 0.6) is 0 Å². The minimum Gasteiger partial charge on any atom is -0.396 e. The minimum atomic E-state index is -0.455. The number of aromatic nitrogens is 1. The van der Waals surface area contributed by atoms with E-state index in [0.717, 1.165) is 4.90 Å². The topological polar surface area (TPSA) is 114 Å². The molecule has 1 saturated heterocycles. The molecular formula is C11H15N5O2. The molecule has 0 radical (unpaired) electrons. The van der Waals surface area contributed by atoms with Gasteiger partial charge in [0.15, 0.2) is 0 Å². The summed E-state index contributed by atoms with van der Waals surface area (Å²) in [5, 5.41) is 2.96. The summed E-state index contributed by atoms with van der Waals surface area (Å²) in [5.74, 6) is 0.266. The number of likely N-dealkylation sites (N-methyl/N-ethyl adjacent to an activating group) is 1. The van der Waals surface area contributed by atoms with Crippen LogP contribution in [0.2, 0.25) is 0 Å². The maximum atomic E-state index is 11.9. The fraction of sp³-hybridized carbons (Fsp3) is 0.364. The van der Waals surface area contributed by atoms with E-state index in [0.29, 0.717) is 24.3 Å². The van der Waals surface area contributed by atoms with Crippen molar-refractivity contribution in [2.75, 3.05) is 23.8 Å². The second-order valence-electron chi connectivity index (χ2n) is 4.20. The summed E-state index contributed by atoms with van der Waals surface area (Å²) in [5.41, 5.74) is 11.5. The van der Waals surface area contributed by atoms with Crippen molar-refractivity contribution < 1.29 is 9.59 Å². The van der Waals surface area contributed by atoms with Gasteiger partial charge in [-0.1, -0.05) is 0 Å². The molecule has 0 saturated carbocycles. The summed E-state index contributed by atoms with van der Waals surface area (Å²) >= 11 is 0. The van der Waals surface area contributed by atoms with Crippen LogP contribution in [0.3, 0.4) is 0 Å². The summed E-state index contributed by atoms with van der Waals surface area (Å²) in [6.07, 6.45) is 0.790. The number of carbonyl (C=O) groups excluding carboxylic acids is 2. The van der Waals surface area contributed by atoms with Crippen molar-refractivity contribution in [1.82, 2.24) is 9.88 Å². The smallest absolute Gasteiger partial charge is 0.251 e. The predicted octanol–water partition coefficient (Wildman–Crippen LogP) is -0.195. The average molecular weight is 249 g/mol. The number of nitrogens with one attached hydrogen (secondary N) is 1. The molecule has 1 fully saturated rings. The Morgan fingerprint density at radius 1 is 1.39 bits per heavy atom. The van der Waals surface area contributed by atoms with Crippen LogP contribution in [0.4, 0.5) is 17.3 Å². The van der Waals surface area contributed by atoms with Crippen LogP contribution in [-0.4, -0.2) is 34.8 Å². The highest BCUT2D eigenvalue weighted by molar-refractivity contribution is 6.01. The minimum absolute atomic E-state index is 0.164. The number of likely N-dealkylation sites (tertiary alicyclic amines) is 1. The van der Waals surface area contributed by atoms with Crippen LogP contribution >= 0.6 is 0 Å². The number of hydrogen-bond acceptors (Lipinski definition) is 6. The van der Waals surface area contributed by atoms with Gasteiger partial charge in [0, 0.05) is 13.5 Å². The number of nitrogen functional groups attached to an aromatic ring is 2. The number of rotatable bonds is 2. The molecule has 0 spiro atoms. The lowest BCUT2D eigenvalue weighted by Gasteiger charge is -2.28. The van der Waals surface area contributed by atoms with Crippen LogP contribution in [0.25, 0.3) is 0 Å². The molecule has 18 heavy (non-hydrogen) atoms. The van der Waals surface area contributed by atoms with Crippen LogP contribution < -0.4 is 16.8 Å². The molecule has 2 rings (SSSR count). The van der Waals surface area contributed by atoms with Gasteiger partial charge in [0.2, 0.25) is 5.91 Å². The molecular weight excluding hydrogens is 234 g/mol. The summed E-state index contributed by atoms with van der Waals surface area (Å²) in [6, 6.07) is 2.81. The Kier molecular flexibility index (Phi) is 3.05. The van der Waals surface area contributed by atoms with Gasteiger partial charge < -0.3 is 16.8 Å². The third-order valence-corrected chi connectivity index (χ3v) is 2.93. The van der Waals surface area contributed by atoms with Gasteiger partial charge in [-0.3, -0.25) is 14.5 Å². The maximum Gasteiger partial charge on any atom is 0.251 e. The van der Waals surface area contributed by atoms with Crippen LogP contribution in [0.15, 0.2) is 12.1 Å². The zero-order valence-electron chi connectivity index (χ0n) is 10.0. The number of pyridine rings is 1. The van der Waals surface area contributed by atoms with E-state index >= 15 is 0 Å². The lowest BCUT2D eigenvalue weighted by atomic mass is 10.0. The molecule has 2 heterocycles. The number of imide groups is 1. The van der Waals surface area contributed by atoms with Gasteiger partial charge >= 0.3 is 0 Å². The first-order valence-electron chi connectivity index (χ1n) is 5.58. The lowest BCUT2D eigenvalue weighted by molar-refractivity contribution is -0.146. The van der Waals surface area contributed by atoms with E-state index in [1.807, 2.05) is 0 Å². The zero-order chi connectivity index (χ0) is 13.3. The standard InChI is InChI=1S/C11H15N5O2/c1-16-9(17)5-3-7(11(16)18)14-8-4-2-6(12)10(13)15-8/h2,4,7H,3,5,12H2,1H3,(H3,13,14,15). The summed E-state index contributed by atoms with van der Waals surface area (Å²) in [4.78, 5) is 28.3. The van der Waals surface area contributed by atoms with Crippen molar-refractivity contribution in [1.29, 1.82) is 0 Å². The van der Waals surface area contributed by atoms with Crippen molar-refractivity contribution in [2.24, 2.45) is 0 Å². The number of carbonyl (C=O) groups is 2. The van der Waals surface area contributed by atoms with E-state index in [-0.39, 0.29) is 17.6 Å². The zero-order valence-corrected chi connectivity index (χ0v) is 10.0. The first-order valence-corrected chi connectivity index (χ1v) is 5.58.